The molecule has 2 radical (unpaired) electrons. The predicted molar refractivity (Wildman–Crippen MR) is 10.2 cm³/mol. The zero-order valence-electron chi connectivity index (χ0n) is 1.93. The fourth-order valence-corrected chi connectivity index (χ4v) is 0. The summed E-state index contributed by atoms with van der Waals surface area (Å²) in [6.45, 7) is 0. The Morgan fingerprint density at radius 2 is 1.25 bits per heavy atom. The molecule has 4 heavy (non-hydrogen) atoms. The number of hydrogen-bond acceptors (Lipinski definition) is 2. The molecule has 0 aliphatic heterocycles. The van der Waals surface area contributed by atoms with Gasteiger partial charge >= 0.3 is 23.8 Å². The van der Waals surface area contributed by atoms with E-state index in [0.29, 0.717) is 0 Å². The molecule has 0 saturated carbocycles. The summed E-state index contributed by atoms with van der Waals surface area (Å²) in [6, 6.07) is 0. The Morgan fingerprint density at radius 3 is 1.25 bits per heavy atom. The van der Waals surface area contributed by atoms with Gasteiger partial charge in [0.1, 0.15) is 0 Å². The van der Waals surface area contributed by atoms with Gasteiger partial charge in [-0.25, -0.2) is 0 Å². The van der Waals surface area contributed by atoms with E-state index in [9.17, 15) is 0 Å². The van der Waals surface area contributed by atoms with Crippen LogP contribution in [0.15, 0.2) is 0 Å². The van der Waals surface area contributed by atoms with Gasteiger partial charge in [0.15, 0.2) is 0 Å². The molecule has 25 valence electrons. The van der Waals surface area contributed by atoms with Crippen LogP contribution in [-0.4, -0.2) is 31.5 Å². The van der Waals surface area contributed by atoms with E-state index < -0.39 is 15.3 Å². The molecule has 0 rings (SSSR count). The number of rotatable bonds is 0. The molecule has 2 N–H and O–H groups in total. The van der Waals surface area contributed by atoms with E-state index in [4.69, 9.17) is 8.44 Å². The first-order chi connectivity index (χ1) is 1.41. The van der Waals surface area contributed by atoms with Crippen molar-refractivity contribution in [3.8, 4) is 0 Å². The summed E-state index contributed by atoms with van der Waals surface area (Å²) in [5.41, 5.74) is 0. The van der Waals surface area contributed by atoms with E-state index >= 15 is 0 Å². The van der Waals surface area contributed by atoms with E-state index in [1.54, 1.807) is 0 Å². The molecule has 0 saturated heterocycles. The molecule has 0 fully saturated rings. The predicted octanol–water partition coefficient (Wildman–Crippen LogP) is -1.50. The van der Waals surface area contributed by atoms with Crippen LogP contribution < -0.4 is 0 Å². The first-order valence-corrected chi connectivity index (χ1v) is 1.23. The van der Waals surface area contributed by atoms with Crippen LogP contribution in [0, 0.1) is 0 Å². The topological polar surface area (TPSA) is 40.5 Å². The third-order valence-electron chi connectivity index (χ3n) is 0. The van der Waals surface area contributed by atoms with Crippen LogP contribution in [0.25, 0.3) is 0 Å². The Labute approximate surface area is 47.0 Å². The minimum absolute atomic E-state index is 0. The maximum atomic E-state index is 7.09. The van der Waals surface area contributed by atoms with Crippen molar-refractivity contribution in [2.45, 2.75) is 0 Å². The standard InChI is InChI=1S/Co.Mg.2H2O/h;;2*1H2/q+2;;;/p-2. The van der Waals surface area contributed by atoms with Crippen molar-refractivity contribution >= 4 is 23.1 Å². The molecule has 0 aromatic heterocycles. The monoisotopic (exact) mass is 117 g/mol. The van der Waals surface area contributed by atoms with E-state index in [1.807, 2.05) is 0 Å². The van der Waals surface area contributed by atoms with Crippen LogP contribution in [0.2, 0.25) is 0 Å². The van der Waals surface area contributed by atoms with Crippen LogP contribution in [0.1, 0.15) is 0 Å². The van der Waals surface area contributed by atoms with Crippen LogP contribution >= 0.6 is 0 Å². The molecule has 0 aliphatic carbocycles. The quantitative estimate of drug-likeness (QED) is 0.379. The molecule has 0 heterocycles. The molecule has 0 amide bonds. The third kappa shape index (κ3) is 10.8. The second-order valence-electron chi connectivity index (χ2n) is 0.0667. The van der Waals surface area contributed by atoms with Crippen LogP contribution in [0.4, 0.5) is 0 Å². The minimum atomic E-state index is -0.562. The normalized spacial score (nSPS) is 5.50. The van der Waals surface area contributed by atoms with Crippen LogP contribution in [-0.2, 0) is 15.3 Å². The maximum absolute atomic E-state index is 7.09. The summed E-state index contributed by atoms with van der Waals surface area (Å²) < 4.78 is 14.2. The first kappa shape index (κ1) is 8.95. The van der Waals surface area contributed by atoms with E-state index in [2.05, 4.69) is 0 Å². The van der Waals surface area contributed by atoms with E-state index in [-0.39, 0.29) is 23.1 Å². The molecular weight excluding hydrogens is 115 g/mol. The molecule has 0 unspecified atom stereocenters. The van der Waals surface area contributed by atoms with Gasteiger partial charge in [-0.3, -0.25) is 0 Å². The van der Waals surface area contributed by atoms with Crippen molar-refractivity contribution in [2.24, 2.45) is 0 Å². The fraction of sp³-hybridized carbons (Fsp3) is 0. The van der Waals surface area contributed by atoms with Gasteiger partial charge in [0, 0.05) is 23.1 Å². The molecule has 0 spiro atoms. The summed E-state index contributed by atoms with van der Waals surface area (Å²) in [5.74, 6) is 0. The first-order valence-electron chi connectivity index (χ1n) is 0.298. The Kier molecular flexibility index (Phi) is 19.9. The summed E-state index contributed by atoms with van der Waals surface area (Å²) in [4.78, 5) is 0. The summed E-state index contributed by atoms with van der Waals surface area (Å²) in [5, 5.41) is 0. The van der Waals surface area contributed by atoms with Gasteiger partial charge < -0.3 is 0 Å². The average Bonchev–Trinajstić information content (AvgIpc) is 0.918. The van der Waals surface area contributed by atoms with Gasteiger partial charge in [-0.05, 0) is 0 Å². The Morgan fingerprint density at radius 1 is 1.25 bits per heavy atom. The molecular formula is H2CoMgO2. The van der Waals surface area contributed by atoms with Gasteiger partial charge in [-0.15, -0.1) is 0 Å². The van der Waals surface area contributed by atoms with Crippen molar-refractivity contribution in [1.82, 2.24) is 0 Å². The van der Waals surface area contributed by atoms with Crippen molar-refractivity contribution in [1.29, 1.82) is 0 Å². The van der Waals surface area contributed by atoms with Crippen molar-refractivity contribution in [3.63, 3.8) is 0 Å². The fourth-order valence-electron chi connectivity index (χ4n) is 0. The van der Waals surface area contributed by atoms with Crippen molar-refractivity contribution < 1.29 is 23.8 Å². The molecule has 0 aromatic carbocycles. The van der Waals surface area contributed by atoms with Crippen LogP contribution in [0.3, 0.4) is 0 Å². The zero-order valence-corrected chi connectivity index (χ0v) is 4.39. The van der Waals surface area contributed by atoms with Gasteiger partial charge in [-0.1, -0.05) is 0 Å². The molecule has 0 aliphatic rings. The number of hydrogen-bond donors (Lipinski definition) is 2. The Balaban J connectivity index is 0. The van der Waals surface area contributed by atoms with E-state index in [1.165, 1.54) is 0 Å². The molecule has 4 heteroatoms. The second-order valence-corrected chi connectivity index (χ2v) is 0.275. The summed E-state index contributed by atoms with van der Waals surface area (Å²) in [7, 11) is 0. The van der Waals surface area contributed by atoms with Gasteiger partial charge in [0.2, 0.25) is 0 Å². The molecule has 0 atom stereocenters. The summed E-state index contributed by atoms with van der Waals surface area (Å²) >= 11 is -0.562. The average molecular weight is 117 g/mol. The van der Waals surface area contributed by atoms with Gasteiger partial charge in [-0.2, -0.15) is 0 Å². The van der Waals surface area contributed by atoms with Gasteiger partial charge in [0.25, 0.3) is 0 Å². The second kappa shape index (κ2) is 8.89. The molecule has 2 nitrogen and oxygen atoms in total. The molecule has 0 aromatic rings. The van der Waals surface area contributed by atoms with Gasteiger partial charge in [0.05, 0.1) is 0 Å². The van der Waals surface area contributed by atoms with Crippen molar-refractivity contribution in [2.75, 3.05) is 0 Å². The Bertz CT molecular complexity index is 6.00. The Hall–Kier alpha value is 1.19. The SMILES string of the molecule is [Mg].[OH][Co][OH]. The third-order valence-corrected chi connectivity index (χ3v) is 0. The zero-order chi connectivity index (χ0) is 2.71. The van der Waals surface area contributed by atoms with Crippen molar-refractivity contribution in [3.05, 3.63) is 0 Å². The van der Waals surface area contributed by atoms with E-state index in [0.717, 1.165) is 0 Å². The summed E-state index contributed by atoms with van der Waals surface area (Å²) in [6.07, 6.45) is 0. The molecule has 0 bridgehead atoms. The van der Waals surface area contributed by atoms with Crippen LogP contribution in [0.5, 0.6) is 0 Å².